The SMILES string of the molecule is O=c1[nH]c(CN2CC[C@H](O)C2)nc2ccccc12. The number of hydrogen-bond acceptors (Lipinski definition) is 4. The number of aromatic amines is 1. The Morgan fingerprint density at radius 1 is 1.44 bits per heavy atom. The standard InChI is InChI=1S/C13H15N3O2/c17-9-5-6-16(7-9)8-12-14-11-4-2-1-3-10(11)13(18)15-12/h1-4,9,17H,5-8H2,(H,14,15,18)/t9-/m0/s1. The van der Waals surface area contributed by atoms with Crippen LogP contribution >= 0.6 is 0 Å². The number of fused-ring (bicyclic) bond motifs is 1. The van der Waals surface area contributed by atoms with Crippen molar-refractivity contribution in [3.8, 4) is 0 Å². The van der Waals surface area contributed by atoms with Crippen LogP contribution in [0.25, 0.3) is 10.9 Å². The van der Waals surface area contributed by atoms with Gasteiger partial charge in [-0.3, -0.25) is 9.69 Å². The van der Waals surface area contributed by atoms with E-state index >= 15 is 0 Å². The summed E-state index contributed by atoms with van der Waals surface area (Å²) in [5.74, 6) is 0.660. The van der Waals surface area contributed by atoms with Gasteiger partial charge >= 0.3 is 0 Å². The number of aromatic nitrogens is 2. The van der Waals surface area contributed by atoms with Crippen molar-refractivity contribution in [2.75, 3.05) is 13.1 Å². The van der Waals surface area contributed by atoms with Gasteiger partial charge in [0.2, 0.25) is 0 Å². The van der Waals surface area contributed by atoms with Gasteiger partial charge < -0.3 is 10.1 Å². The van der Waals surface area contributed by atoms with Gasteiger partial charge in [0, 0.05) is 13.1 Å². The van der Waals surface area contributed by atoms with Crippen molar-refractivity contribution in [3.63, 3.8) is 0 Å². The molecule has 0 bridgehead atoms. The number of nitrogens with zero attached hydrogens (tertiary/aromatic N) is 2. The molecule has 1 saturated heterocycles. The van der Waals surface area contributed by atoms with Crippen LogP contribution in [0.3, 0.4) is 0 Å². The Morgan fingerprint density at radius 3 is 3.06 bits per heavy atom. The van der Waals surface area contributed by atoms with E-state index in [0.29, 0.717) is 24.3 Å². The van der Waals surface area contributed by atoms with E-state index in [-0.39, 0.29) is 11.7 Å². The van der Waals surface area contributed by atoms with E-state index in [1.807, 2.05) is 18.2 Å². The van der Waals surface area contributed by atoms with Crippen LogP contribution in [0.5, 0.6) is 0 Å². The van der Waals surface area contributed by atoms with Crippen LogP contribution in [0.1, 0.15) is 12.2 Å². The quantitative estimate of drug-likeness (QED) is 0.808. The van der Waals surface area contributed by atoms with Crippen molar-refractivity contribution in [1.82, 2.24) is 14.9 Å². The number of aliphatic hydroxyl groups excluding tert-OH is 1. The first-order valence-corrected chi connectivity index (χ1v) is 6.11. The number of hydrogen-bond donors (Lipinski definition) is 2. The molecule has 1 atom stereocenters. The van der Waals surface area contributed by atoms with Crippen LogP contribution in [-0.2, 0) is 6.54 Å². The lowest BCUT2D eigenvalue weighted by molar-refractivity contribution is 0.174. The fourth-order valence-electron chi connectivity index (χ4n) is 2.38. The Hall–Kier alpha value is -1.72. The predicted molar refractivity (Wildman–Crippen MR) is 68.3 cm³/mol. The fourth-order valence-corrected chi connectivity index (χ4v) is 2.38. The second kappa shape index (κ2) is 4.51. The number of nitrogens with one attached hydrogen (secondary N) is 1. The summed E-state index contributed by atoms with van der Waals surface area (Å²) in [6.45, 7) is 2.07. The summed E-state index contributed by atoms with van der Waals surface area (Å²) in [6.07, 6.45) is 0.537. The van der Waals surface area contributed by atoms with Gasteiger partial charge in [-0.15, -0.1) is 0 Å². The molecule has 0 unspecified atom stereocenters. The Labute approximate surface area is 104 Å². The summed E-state index contributed by atoms with van der Waals surface area (Å²) in [6, 6.07) is 7.31. The molecule has 1 aromatic heterocycles. The smallest absolute Gasteiger partial charge is 0.258 e. The van der Waals surface area contributed by atoms with E-state index < -0.39 is 0 Å². The average molecular weight is 245 g/mol. The maximum absolute atomic E-state index is 11.9. The maximum atomic E-state index is 11.9. The highest BCUT2D eigenvalue weighted by Gasteiger charge is 2.20. The molecule has 94 valence electrons. The number of rotatable bonds is 2. The zero-order chi connectivity index (χ0) is 12.5. The van der Waals surface area contributed by atoms with Crippen molar-refractivity contribution in [1.29, 1.82) is 0 Å². The molecule has 1 aliphatic heterocycles. The lowest BCUT2D eigenvalue weighted by Crippen LogP contribution is -2.24. The third kappa shape index (κ3) is 2.14. The number of likely N-dealkylation sites (tertiary alicyclic amines) is 1. The first-order valence-electron chi connectivity index (χ1n) is 6.11. The Balaban J connectivity index is 1.91. The molecule has 0 amide bonds. The van der Waals surface area contributed by atoms with Crippen LogP contribution in [0, 0.1) is 0 Å². The minimum absolute atomic E-state index is 0.102. The first-order chi connectivity index (χ1) is 8.72. The second-order valence-electron chi connectivity index (χ2n) is 4.71. The van der Waals surface area contributed by atoms with Gasteiger partial charge in [0.05, 0.1) is 23.6 Å². The molecule has 5 heteroatoms. The molecule has 0 spiro atoms. The Bertz CT molecular complexity index is 623. The number of para-hydroxylation sites is 1. The number of H-pyrrole nitrogens is 1. The highest BCUT2D eigenvalue weighted by atomic mass is 16.3. The molecule has 0 radical (unpaired) electrons. The van der Waals surface area contributed by atoms with Crippen LogP contribution in [-0.4, -0.2) is 39.2 Å². The summed E-state index contributed by atoms with van der Waals surface area (Å²) in [7, 11) is 0. The molecule has 3 rings (SSSR count). The van der Waals surface area contributed by atoms with E-state index in [0.717, 1.165) is 18.5 Å². The predicted octanol–water partition coefficient (Wildman–Crippen LogP) is 0.490. The Kier molecular flexibility index (Phi) is 2.85. The fraction of sp³-hybridized carbons (Fsp3) is 0.385. The van der Waals surface area contributed by atoms with Crippen molar-refractivity contribution in [2.24, 2.45) is 0 Å². The van der Waals surface area contributed by atoms with E-state index in [1.54, 1.807) is 6.07 Å². The van der Waals surface area contributed by atoms with Crippen LogP contribution in [0.15, 0.2) is 29.1 Å². The van der Waals surface area contributed by atoms with E-state index in [4.69, 9.17) is 0 Å². The Morgan fingerprint density at radius 2 is 2.28 bits per heavy atom. The van der Waals surface area contributed by atoms with Gasteiger partial charge in [-0.2, -0.15) is 0 Å². The second-order valence-corrected chi connectivity index (χ2v) is 4.71. The molecular formula is C13H15N3O2. The molecule has 0 aliphatic carbocycles. The van der Waals surface area contributed by atoms with Crippen molar-refractivity contribution in [2.45, 2.75) is 19.1 Å². The van der Waals surface area contributed by atoms with Gasteiger partial charge in [-0.05, 0) is 18.6 Å². The van der Waals surface area contributed by atoms with Crippen molar-refractivity contribution in [3.05, 3.63) is 40.4 Å². The zero-order valence-electron chi connectivity index (χ0n) is 9.97. The molecule has 1 fully saturated rings. The average Bonchev–Trinajstić information content (AvgIpc) is 2.75. The largest absolute Gasteiger partial charge is 0.392 e. The molecule has 2 N–H and O–H groups in total. The summed E-state index contributed by atoms with van der Waals surface area (Å²) < 4.78 is 0. The van der Waals surface area contributed by atoms with E-state index in [1.165, 1.54) is 0 Å². The molecule has 2 heterocycles. The molecule has 2 aromatic rings. The number of benzene rings is 1. The van der Waals surface area contributed by atoms with Gasteiger partial charge in [0.1, 0.15) is 5.82 Å². The van der Waals surface area contributed by atoms with Crippen LogP contribution < -0.4 is 5.56 Å². The molecule has 18 heavy (non-hydrogen) atoms. The minimum atomic E-state index is -0.253. The van der Waals surface area contributed by atoms with Crippen molar-refractivity contribution < 1.29 is 5.11 Å². The molecule has 5 nitrogen and oxygen atoms in total. The van der Waals surface area contributed by atoms with E-state index in [9.17, 15) is 9.90 Å². The lowest BCUT2D eigenvalue weighted by Gasteiger charge is -2.13. The minimum Gasteiger partial charge on any atom is -0.392 e. The van der Waals surface area contributed by atoms with Gasteiger partial charge in [-0.1, -0.05) is 12.1 Å². The van der Waals surface area contributed by atoms with Gasteiger partial charge in [0.15, 0.2) is 0 Å². The number of β-amino-alcohol motifs (C(OH)–C–C–N with tert-alkyl or cyclic N) is 1. The highest BCUT2D eigenvalue weighted by molar-refractivity contribution is 5.77. The van der Waals surface area contributed by atoms with Gasteiger partial charge in [-0.25, -0.2) is 4.98 Å². The molecule has 1 aliphatic rings. The zero-order valence-corrected chi connectivity index (χ0v) is 9.97. The molecule has 0 saturated carbocycles. The maximum Gasteiger partial charge on any atom is 0.258 e. The summed E-state index contributed by atoms with van der Waals surface area (Å²) >= 11 is 0. The third-order valence-corrected chi connectivity index (χ3v) is 3.28. The van der Waals surface area contributed by atoms with Gasteiger partial charge in [0.25, 0.3) is 5.56 Å². The van der Waals surface area contributed by atoms with Crippen molar-refractivity contribution >= 4 is 10.9 Å². The normalized spacial score (nSPS) is 20.6. The molecule has 1 aromatic carbocycles. The monoisotopic (exact) mass is 245 g/mol. The highest BCUT2D eigenvalue weighted by Crippen LogP contribution is 2.12. The van der Waals surface area contributed by atoms with Crippen LogP contribution in [0.4, 0.5) is 0 Å². The summed E-state index contributed by atoms with van der Waals surface area (Å²) in [5, 5.41) is 10.1. The summed E-state index contributed by atoms with van der Waals surface area (Å²) in [4.78, 5) is 21.2. The number of aliphatic hydroxyl groups is 1. The summed E-state index contributed by atoms with van der Waals surface area (Å²) in [5.41, 5.74) is 0.617. The third-order valence-electron chi connectivity index (χ3n) is 3.28. The topological polar surface area (TPSA) is 69.2 Å². The molecular weight excluding hydrogens is 230 g/mol. The first kappa shape index (κ1) is 11.4. The van der Waals surface area contributed by atoms with Crippen LogP contribution in [0.2, 0.25) is 0 Å². The van der Waals surface area contributed by atoms with E-state index in [2.05, 4.69) is 14.9 Å². The lowest BCUT2D eigenvalue weighted by atomic mass is 10.2.